The molecule has 0 radical (unpaired) electrons. The van der Waals surface area contributed by atoms with Crippen LogP contribution in [0.4, 0.5) is 0 Å². The number of phosphoric ester groups is 1. The summed E-state index contributed by atoms with van der Waals surface area (Å²) in [4.78, 5) is 33.3. The monoisotopic (exact) mass is 729 g/mol. The van der Waals surface area contributed by atoms with Gasteiger partial charge >= 0.3 is 19.8 Å². The Labute approximate surface area is 304 Å². The summed E-state index contributed by atoms with van der Waals surface area (Å²) in [7, 11) is -4.61. The molecule has 0 amide bonds. The van der Waals surface area contributed by atoms with Crippen molar-refractivity contribution >= 4 is 19.8 Å². The second kappa shape index (κ2) is 35.6. The molecule has 0 aromatic rings. The summed E-state index contributed by atoms with van der Waals surface area (Å²) in [6.45, 7) is 3.78. The molecule has 0 heterocycles. The Kier molecular flexibility index (Phi) is 34.3. The molecule has 0 aromatic carbocycles. The maximum atomic E-state index is 12.5. The third-order valence-electron chi connectivity index (χ3n) is 8.17. The fraction of sp³-hybridized carbons (Fsp3) is 0.795. The smallest absolute Gasteiger partial charge is 0.472 e. The number of carbonyl (C=O) groups is 2. The molecule has 0 fully saturated rings. The quantitative estimate of drug-likeness (QED) is 0.0243. The van der Waals surface area contributed by atoms with Crippen LogP contribution in [0.15, 0.2) is 36.5 Å². The third kappa shape index (κ3) is 34.6. The van der Waals surface area contributed by atoms with E-state index >= 15 is 0 Å². The highest BCUT2D eigenvalue weighted by molar-refractivity contribution is 7.47. The van der Waals surface area contributed by atoms with Crippen LogP contribution in [-0.2, 0) is 32.7 Å². The molecule has 0 aliphatic carbocycles. The van der Waals surface area contributed by atoms with E-state index in [0.717, 1.165) is 57.8 Å². The fourth-order valence-electron chi connectivity index (χ4n) is 5.08. The number of carboxylic acids is 1. The van der Waals surface area contributed by atoms with Gasteiger partial charge in [-0.2, -0.15) is 0 Å². The van der Waals surface area contributed by atoms with E-state index in [1.54, 1.807) is 0 Å². The zero-order valence-corrected chi connectivity index (χ0v) is 32.4. The molecule has 50 heavy (non-hydrogen) atoms. The molecule has 0 aromatic heterocycles. The van der Waals surface area contributed by atoms with E-state index in [-0.39, 0.29) is 13.0 Å². The number of rotatable bonds is 37. The van der Waals surface area contributed by atoms with E-state index in [1.165, 1.54) is 77.0 Å². The first-order valence-electron chi connectivity index (χ1n) is 19.5. The lowest BCUT2D eigenvalue weighted by Gasteiger charge is -2.20. The number of hydrogen-bond donors (Lipinski definition) is 3. The van der Waals surface area contributed by atoms with Gasteiger partial charge in [0.1, 0.15) is 12.1 Å². The van der Waals surface area contributed by atoms with Crippen molar-refractivity contribution in [2.24, 2.45) is 5.73 Å². The van der Waals surface area contributed by atoms with Gasteiger partial charge in [-0.1, -0.05) is 140 Å². The lowest BCUT2D eigenvalue weighted by Crippen LogP contribution is -2.34. The van der Waals surface area contributed by atoms with Crippen LogP contribution in [0.2, 0.25) is 0 Å². The van der Waals surface area contributed by atoms with Crippen molar-refractivity contribution in [3.8, 4) is 0 Å². The molecule has 0 rings (SSSR count). The van der Waals surface area contributed by atoms with Crippen LogP contribution < -0.4 is 5.73 Å². The van der Waals surface area contributed by atoms with Crippen LogP contribution in [0.25, 0.3) is 0 Å². The van der Waals surface area contributed by atoms with Crippen molar-refractivity contribution in [2.75, 3.05) is 26.4 Å². The first kappa shape index (κ1) is 48.2. The van der Waals surface area contributed by atoms with Gasteiger partial charge in [0.2, 0.25) is 0 Å². The van der Waals surface area contributed by atoms with Gasteiger partial charge in [0, 0.05) is 13.0 Å². The van der Waals surface area contributed by atoms with E-state index in [0.29, 0.717) is 13.0 Å². The zero-order chi connectivity index (χ0) is 37.0. The molecular formula is C39H72NO9P. The second-order valence-corrected chi connectivity index (χ2v) is 14.5. The normalized spacial score (nSPS) is 14.5. The molecule has 0 bridgehead atoms. The summed E-state index contributed by atoms with van der Waals surface area (Å²) >= 11 is 0. The van der Waals surface area contributed by atoms with Gasteiger partial charge in [-0.3, -0.25) is 18.6 Å². The van der Waals surface area contributed by atoms with Crippen molar-refractivity contribution < 1.29 is 42.7 Å². The Hall–Kier alpha value is -1.81. The second-order valence-electron chi connectivity index (χ2n) is 13.1. The lowest BCUT2D eigenvalue weighted by molar-refractivity contribution is -0.154. The number of hydrogen-bond acceptors (Lipinski definition) is 8. The number of nitrogens with two attached hydrogens (primary N) is 1. The molecule has 0 aliphatic rings. The molecule has 0 spiro atoms. The fourth-order valence-corrected chi connectivity index (χ4v) is 5.86. The van der Waals surface area contributed by atoms with Crippen LogP contribution in [0.3, 0.4) is 0 Å². The van der Waals surface area contributed by atoms with E-state index in [9.17, 15) is 19.0 Å². The number of carboxylic acid groups (broad SMARTS) is 1. The highest BCUT2D eigenvalue weighted by Gasteiger charge is 2.27. The largest absolute Gasteiger partial charge is 0.480 e. The Morgan fingerprint density at radius 1 is 0.640 bits per heavy atom. The van der Waals surface area contributed by atoms with Crippen molar-refractivity contribution in [1.82, 2.24) is 0 Å². The molecule has 3 atom stereocenters. The zero-order valence-electron chi connectivity index (χ0n) is 31.5. The van der Waals surface area contributed by atoms with E-state index < -0.39 is 45.1 Å². The molecule has 0 saturated heterocycles. The van der Waals surface area contributed by atoms with E-state index in [2.05, 4.69) is 54.8 Å². The minimum absolute atomic E-state index is 0.0112. The van der Waals surface area contributed by atoms with Crippen LogP contribution in [0, 0.1) is 0 Å². The highest BCUT2D eigenvalue weighted by Crippen LogP contribution is 2.43. The molecule has 11 heteroatoms. The number of unbranched alkanes of at least 4 members (excludes halogenated alkanes) is 17. The number of allylic oxidation sites excluding steroid dienone is 6. The first-order chi connectivity index (χ1) is 24.2. The predicted octanol–water partition coefficient (Wildman–Crippen LogP) is 10.1. The summed E-state index contributed by atoms with van der Waals surface area (Å²) in [5, 5.41) is 8.85. The minimum Gasteiger partial charge on any atom is -0.480 e. The van der Waals surface area contributed by atoms with Gasteiger partial charge in [0.05, 0.1) is 19.8 Å². The van der Waals surface area contributed by atoms with Gasteiger partial charge < -0.3 is 25.2 Å². The SMILES string of the molecule is CCCCC/C=C\C/C=C\C/C=C\CCCCCCCCCOCC(COP(=O)(O)OCC(N)C(=O)O)OC(=O)CCCCCCCCCC. The highest BCUT2D eigenvalue weighted by atomic mass is 31.2. The summed E-state index contributed by atoms with van der Waals surface area (Å²) in [5.41, 5.74) is 5.33. The molecular weight excluding hydrogens is 657 g/mol. The van der Waals surface area contributed by atoms with Crippen molar-refractivity contribution in [1.29, 1.82) is 0 Å². The molecule has 292 valence electrons. The van der Waals surface area contributed by atoms with Crippen LogP contribution >= 0.6 is 7.82 Å². The molecule has 0 saturated carbocycles. The Morgan fingerprint density at radius 3 is 1.68 bits per heavy atom. The number of carbonyl (C=O) groups excluding carboxylic acids is 1. The molecule has 10 nitrogen and oxygen atoms in total. The molecule has 0 aliphatic heterocycles. The Bertz CT molecular complexity index is 941. The molecule has 3 unspecified atom stereocenters. The topological polar surface area (TPSA) is 155 Å². The maximum Gasteiger partial charge on any atom is 0.472 e. The average Bonchev–Trinajstić information content (AvgIpc) is 3.09. The minimum atomic E-state index is -4.61. The van der Waals surface area contributed by atoms with Crippen molar-refractivity contribution in [2.45, 2.75) is 174 Å². The van der Waals surface area contributed by atoms with Gasteiger partial charge in [0.25, 0.3) is 0 Å². The average molecular weight is 730 g/mol. The number of phosphoric acid groups is 1. The standard InChI is InChI=1S/C39H72NO9P/c1-3-5-7-9-11-13-14-15-16-17-18-19-20-21-22-23-24-26-28-30-32-46-33-36(34-47-50(44,45)48-35-37(40)39(42)43)49-38(41)31-29-27-25-12-10-8-6-4-2/h11,13,15-16,18-19,36-37H,3-10,12,14,17,20-35,40H2,1-2H3,(H,42,43)(H,44,45)/b13-11-,16-15-,19-18-. The Morgan fingerprint density at radius 2 is 1.10 bits per heavy atom. The van der Waals surface area contributed by atoms with Crippen LogP contribution in [-0.4, -0.2) is 60.5 Å². The summed E-state index contributed by atoms with van der Waals surface area (Å²) in [6, 6.07) is -1.47. The molecule has 4 N–H and O–H groups in total. The lowest BCUT2D eigenvalue weighted by atomic mass is 10.1. The van der Waals surface area contributed by atoms with E-state index in [4.69, 9.17) is 24.8 Å². The van der Waals surface area contributed by atoms with Crippen molar-refractivity contribution in [3.63, 3.8) is 0 Å². The Balaban J connectivity index is 4.19. The third-order valence-corrected chi connectivity index (χ3v) is 9.12. The van der Waals surface area contributed by atoms with Crippen LogP contribution in [0.1, 0.15) is 162 Å². The number of esters is 1. The van der Waals surface area contributed by atoms with Crippen molar-refractivity contribution in [3.05, 3.63) is 36.5 Å². The number of aliphatic carboxylic acids is 1. The van der Waals surface area contributed by atoms with Crippen LogP contribution in [0.5, 0.6) is 0 Å². The van der Waals surface area contributed by atoms with Gasteiger partial charge in [-0.15, -0.1) is 0 Å². The van der Waals surface area contributed by atoms with Gasteiger partial charge in [-0.25, -0.2) is 4.57 Å². The maximum absolute atomic E-state index is 12.5. The summed E-state index contributed by atoms with van der Waals surface area (Å²) < 4.78 is 33.1. The van der Waals surface area contributed by atoms with Gasteiger partial charge in [0.15, 0.2) is 0 Å². The first-order valence-corrected chi connectivity index (χ1v) is 21.0. The van der Waals surface area contributed by atoms with E-state index in [1.807, 2.05) is 0 Å². The predicted molar refractivity (Wildman–Crippen MR) is 203 cm³/mol. The summed E-state index contributed by atoms with van der Waals surface area (Å²) in [6.07, 6.45) is 37.8. The summed E-state index contributed by atoms with van der Waals surface area (Å²) in [5.74, 6) is -1.79. The number of ether oxygens (including phenoxy) is 2. The van der Waals surface area contributed by atoms with Gasteiger partial charge in [-0.05, 0) is 51.4 Å².